The zero-order valence-corrected chi connectivity index (χ0v) is 14.3. The van der Waals surface area contributed by atoms with Gasteiger partial charge >= 0.3 is 6.18 Å². The molecule has 26 heavy (non-hydrogen) atoms. The first-order valence-electron chi connectivity index (χ1n) is 8.43. The van der Waals surface area contributed by atoms with Crippen LogP contribution < -0.4 is 5.32 Å². The molecule has 0 unspecified atom stereocenters. The minimum absolute atomic E-state index is 0.0259. The molecule has 1 N–H and O–H groups in total. The average Bonchev–Trinajstić information content (AvgIpc) is 2.61. The number of aromatic nitrogens is 2. The highest BCUT2D eigenvalue weighted by molar-refractivity contribution is 5.92. The van der Waals surface area contributed by atoms with Gasteiger partial charge in [0.15, 0.2) is 0 Å². The van der Waals surface area contributed by atoms with Crippen LogP contribution in [0.4, 0.5) is 24.8 Å². The van der Waals surface area contributed by atoms with E-state index in [9.17, 15) is 18.0 Å². The number of para-hydroxylation sites is 1. The van der Waals surface area contributed by atoms with E-state index >= 15 is 0 Å². The highest BCUT2D eigenvalue weighted by Gasteiger charge is 2.33. The minimum atomic E-state index is -4.50. The molecule has 5 nitrogen and oxygen atoms in total. The molecule has 0 spiro atoms. The van der Waals surface area contributed by atoms with Crippen molar-refractivity contribution in [2.24, 2.45) is 0 Å². The summed E-state index contributed by atoms with van der Waals surface area (Å²) < 4.78 is 39.4. The van der Waals surface area contributed by atoms with Crippen LogP contribution in [0.5, 0.6) is 0 Å². The van der Waals surface area contributed by atoms with Crippen molar-refractivity contribution in [2.45, 2.75) is 32.4 Å². The molecule has 3 rings (SSSR count). The smallest absolute Gasteiger partial charge is 0.337 e. The van der Waals surface area contributed by atoms with E-state index in [2.05, 4.69) is 15.3 Å². The number of carbonyl (C=O) groups is 1. The molecule has 138 valence electrons. The van der Waals surface area contributed by atoms with Gasteiger partial charge in [-0.2, -0.15) is 13.2 Å². The van der Waals surface area contributed by atoms with Gasteiger partial charge in [-0.25, -0.2) is 9.97 Å². The third-order valence-electron chi connectivity index (χ3n) is 4.20. The lowest BCUT2D eigenvalue weighted by molar-refractivity contribution is -0.136. The molecule has 8 heteroatoms. The van der Waals surface area contributed by atoms with Crippen molar-refractivity contribution in [3.63, 3.8) is 0 Å². The van der Waals surface area contributed by atoms with Gasteiger partial charge in [0.25, 0.3) is 5.91 Å². The van der Waals surface area contributed by atoms with Crippen LogP contribution in [0, 0.1) is 6.92 Å². The number of hydrogen-bond donors (Lipinski definition) is 1. The number of nitrogens with one attached hydrogen (secondary N) is 1. The van der Waals surface area contributed by atoms with Crippen molar-refractivity contribution in [1.82, 2.24) is 14.9 Å². The van der Waals surface area contributed by atoms with E-state index in [-0.39, 0.29) is 23.2 Å². The summed E-state index contributed by atoms with van der Waals surface area (Å²) in [7, 11) is 0. The summed E-state index contributed by atoms with van der Waals surface area (Å²) >= 11 is 0. The van der Waals surface area contributed by atoms with Crippen LogP contribution in [0.2, 0.25) is 0 Å². The van der Waals surface area contributed by atoms with Gasteiger partial charge in [-0.15, -0.1) is 0 Å². The first kappa shape index (κ1) is 18.2. The van der Waals surface area contributed by atoms with Gasteiger partial charge in [0.1, 0.15) is 5.69 Å². The van der Waals surface area contributed by atoms with Crippen LogP contribution in [0.25, 0.3) is 0 Å². The maximum Gasteiger partial charge on any atom is 0.418 e. The third kappa shape index (κ3) is 4.12. The van der Waals surface area contributed by atoms with Gasteiger partial charge in [0, 0.05) is 18.8 Å². The predicted molar refractivity (Wildman–Crippen MR) is 91.3 cm³/mol. The number of nitrogens with zero attached hydrogens (tertiary/aromatic N) is 3. The maximum atomic E-state index is 13.1. The lowest BCUT2D eigenvalue weighted by atomic mass is 10.1. The van der Waals surface area contributed by atoms with E-state index in [0.717, 1.165) is 25.3 Å². The molecular formula is C18H19F3N4O. The standard InChI is InChI=1S/C18H19F3N4O/c1-12-11-15(16(26)25-9-5-2-6-10-25)24-17(22-12)23-14-8-4-3-7-13(14)18(19,20)21/h3-4,7-8,11H,2,5-6,9-10H2,1H3,(H,22,23,24). The molecule has 1 aliphatic heterocycles. The Bertz CT molecular complexity index is 801. The van der Waals surface area contributed by atoms with Crippen LogP contribution in [-0.4, -0.2) is 33.9 Å². The number of halogens is 3. The van der Waals surface area contributed by atoms with E-state index in [0.29, 0.717) is 18.8 Å². The SMILES string of the molecule is Cc1cc(C(=O)N2CCCCC2)nc(Nc2ccccc2C(F)(F)F)n1. The molecule has 0 saturated carbocycles. The number of hydrogen-bond acceptors (Lipinski definition) is 4. The molecule has 1 aliphatic rings. The predicted octanol–water partition coefficient (Wildman–Crippen LogP) is 4.17. The third-order valence-corrected chi connectivity index (χ3v) is 4.20. The highest BCUT2D eigenvalue weighted by Crippen LogP contribution is 2.35. The number of benzene rings is 1. The van der Waals surface area contributed by atoms with Crippen LogP contribution in [0.15, 0.2) is 30.3 Å². The molecule has 0 aliphatic carbocycles. The van der Waals surface area contributed by atoms with Crippen LogP contribution in [0.3, 0.4) is 0 Å². The maximum absolute atomic E-state index is 13.1. The molecular weight excluding hydrogens is 345 g/mol. The minimum Gasteiger partial charge on any atom is -0.337 e. The summed E-state index contributed by atoms with van der Waals surface area (Å²) in [5.74, 6) is -0.246. The number of rotatable bonds is 3. The monoisotopic (exact) mass is 364 g/mol. The first-order valence-corrected chi connectivity index (χ1v) is 8.43. The number of anilines is 2. The first-order chi connectivity index (χ1) is 12.3. The Morgan fingerprint density at radius 2 is 1.81 bits per heavy atom. The molecule has 1 amide bonds. The zero-order chi connectivity index (χ0) is 18.7. The summed E-state index contributed by atoms with van der Waals surface area (Å²) in [6, 6.07) is 6.65. The number of aryl methyl sites for hydroxylation is 1. The van der Waals surface area contributed by atoms with Gasteiger partial charge in [-0.1, -0.05) is 12.1 Å². The summed E-state index contributed by atoms with van der Waals surface area (Å²) in [4.78, 5) is 22.6. The second kappa shape index (κ2) is 7.31. The fraction of sp³-hybridized carbons (Fsp3) is 0.389. The average molecular weight is 364 g/mol. The molecule has 1 saturated heterocycles. The van der Waals surface area contributed by atoms with Gasteiger partial charge in [-0.05, 0) is 44.4 Å². The largest absolute Gasteiger partial charge is 0.418 e. The van der Waals surface area contributed by atoms with E-state index in [4.69, 9.17) is 0 Å². The molecule has 0 bridgehead atoms. The summed E-state index contributed by atoms with van der Waals surface area (Å²) in [5.41, 5.74) is -0.269. The van der Waals surface area contributed by atoms with Gasteiger partial charge in [0.2, 0.25) is 5.95 Å². The van der Waals surface area contributed by atoms with Gasteiger partial charge < -0.3 is 10.2 Å². The van der Waals surface area contributed by atoms with Crippen LogP contribution >= 0.6 is 0 Å². The van der Waals surface area contributed by atoms with E-state index in [1.165, 1.54) is 18.2 Å². The normalized spacial score (nSPS) is 15.0. The van der Waals surface area contributed by atoms with Gasteiger partial charge in [0.05, 0.1) is 11.3 Å². The van der Waals surface area contributed by atoms with Gasteiger partial charge in [-0.3, -0.25) is 4.79 Å². The van der Waals surface area contributed by atoms with Crippen molar-refractivity contribution in [3.8, 4) is 0 Å². The van der Waals surface area contributed by atoms with Crippen molar-refractivity contribution in [1.29, 1.82) is 0 Å². The summed E-state index contributed by atoms with van der Waals surface area (Å²) in [6.45, 7) is 3.01. The van der Waals surface area contributed by atoms with E-state index in [1.807, 2.05) is 0 Å². The highest BCUT2D eigenvalue weighted by atomic mass is 19.4. The second-order valence-corrected chi connectivity index (χ2v) is 6.24. The second-order valence-electron chi connectivity index (χ2n) is 6.24. The lowest BCUT2D eigenvalue weighted by Gasteiger charge is -2.26. The molecule has 1 fully saturated rings. The quantitative estimate of drug-likeness (QED) is 0.888. The van der Waals surface area contributed by atoms with Crippen molar-refractivity contribution >= 4 is 17.5 Å². The molecule has 2 aromatic rings. The number of piperidine rings is 1. The molecule has 0 atom stereocenters. The Kier molecular flexibility index (Phi) is 5.11. The Balaban J connectivity index is 1.88. The number of likely N-dealkylation sites (tertiary alicyclic amines) is 1. The zero-order valence-electron chi connectivity index (χ0n) is 14.3. The van der Waals surface area contributed by atoms with Crippen molar-refractivity contribution in [2.75, 3.05) is 18.4 Å². The Morgan fingerprint density at radius 3 is 2.50 bits per heavy atom. The molecule has 1 aromatic carbocycles. The van der Waals surface area contributed by atoms with Crippen LogP contribution in [-0.2, 0) is 6.18 Å². The fourth-order valence-corrected chi connectivity index (χ4v) is 2.95. The number of carbonyl (C=O) groups excluding carboxylic acids is 1. The lowest BCUT2D eigenvalue weighted by Crippen LogP contribution is -2.36. The van der Waals surface area contributed by atoms with E-state index in [1.54, 1.807) is 17.9 Å². The van der Waals surface area contributed by atoms with Crippen molar-refractivity contribution in [3.05, 3.63) is 47.3 Å². The van der Waals surface area contributed by atoms with Crippen molar-refractivity contribution < 1.29 is 18.0 Å². The summed E-state index contributed by atoms with van der Waals surface area (Å²) in [6.07, 6.45) is -1.52. The Hall–Kier alpha value is -2.64. The number of amides is 1. The Morgan fingerprint density at radius 1 is 1.12 bits per heavy atom. The fourth-order valence-electron chi connectivity index (χ4n) is 2.95. The van der Waals surface area contributed by atoms with E-state index < -0.39 is 11.7 Å². The molecule has 1 aromatic heterocycles. The number of alkyl halides is 3. The molecule has 0 radical (unpaired) electrons. The summed E-state index contributed by atoms with van der Waals surface area (Å²) in [5, 5.41) is 2.61. The molecule has 2 heterocycles. The van der Waals surface area contributed by atoms with Crippen LogP contribution in [0.1, 0.15) is 41.0 Å². The Labute approximate surface area is 149 Å². The topological polar surface area (TPSA) is 58.1 Å².